The first-order valence-electron chi connectivity index (χ1n) is 7.94. The molecule has 1 fully saturated rings. The van der Waals surface area contributed by atoms with Crippen LogP contribution in [-0.2, 0) is 0 Å². The molecule has 0 saturated carbocycles. The lowest BCUT2D eigenvalue weighted by atomic mass is 10.1. The van der Waals surface area contributed by atoms with E-state index >= 15 is 0 Å². The molecule has 24 heavy (non-hydrogen) atoms. The van der Waals surface area contributed by atoms with Gasteiger partial charge < -0.3 is 14.4 Å². The second-order valence-electron chi connectivity index (χ2n) is 6.32. The number of aromatic nitrogens is 3. The van der Waals surface area contributed by atoms with Gasteiger partial charge in [0.05, 0.1) is 29.5 Å². The number of hydrogen-bond donors (Lipinski definition) is 1. The smallest absolute Gasteiger partial charge is 0.254 e. The van der Waals surface area contributed by atoms with E-state index in [1.165, 1.54) is 0 Å². The summed E-state index contributed by atoms with van der Waals surface area (Å²) < 4.78 is 7.24. The van der Waals surface area contributed by atoms with Crippen LogP contribution in [0, 0.1) is 0 Å². The molecule has 4 heterocycles. The second kappa shape index (κ2) is 5.45. The van der Waals surface area contributed by atoms with E-state index in [2.05, 4.69) is 10.1 Å². The number of pyridine rings is 1. The Bertz CT molecular complexity index is 892. The summed E-state index contributed by atoms with van der Waals surface area (Å²) in [5.74, 6) is 0.481. The number of rotatable bonds is 3. The topological polar surface area (TPSA) is 84.4 Å². The van der Waals surface area contributed by atoms with Gasteiger partial charge >= 0.3 is 0 Å². The van der Waals surface area contributed by atoms with Crippen molar-refractivity contribution in [3.05, 3.63) is 36.2 Å². The number of carbonyl (C=O) groups is 1. The van der Waals surface area contributed by atoms with Gasteiger partial charge in [-0.15, -0.1) is 0 Å². The molecule has 0 unspecified atom stereocenters. The Morgan fingerprint density at radius 2 is 2.21 bits per heavy atom. The molecule has 1 aliphatic rings. The molecule has 0 radical (unpaired) electrons. The molecule has 4 rings (SSSR count). The van der Waals surface area contributed by atoms with Gasteiger partial charge in [0.25, 0.3) is 5.91 Å². The van der Waals surface area contributed by atoms with Crippen LogP contribution in [0.3, 0.4) is 0 Å². The van der Waals surface area contributed by atoms with Crippen molar-refractivity contribution in [2.75, 3.05) is 13.1 Å². The van der Waals surface area contributed by atoms with E-state index in [1.54, 1.807) is 34.2 Å². The van der Waals surface area contributed by atoms with Crippen molar-refractivity contribution in [2.24, 2.45) is 0 Å². The molecule has 7 heteroatoms. The molecule has 0 atom stereocenters. The first-order valence-corrected chi connectivity index (χ1v) is 7.94. The number of hydrogen-bond acceptors (Lipinski definition) is 5. The molecule has 0 aliphatic carbocycles. The van der Waals surface area contributed by atoms with E-state index in [9.17, 15) is 9.90 Å². The van der Waals surface area contributed by atoms with E-state index in [0.717, 1.165) is 0 Å². The molecule has 1 N–H and O–H groups in total. The van der Waals surface area contributed by atoms with Crippen LogP contribution in [0.2, 0.25) is 0 Å². The highest BCUT2D eigenvalue weighted by atomic mass is 16.3. The average Bonchev–Trinajstić information content (AvgIpc) is 3.19. The van der Waals surface area contributed by atoms with Gasteiger partial charge in [0, 0.05) is 19.1 Å². The van der Waals surface area contributed by atoms with Gasteiger partial charge in [-0.2, -0.15) is 5.10 Å². The fourth-order valence-corrected chi connectivity index (χ4v) is 2.91. The highest BCUT2D eigenvalue weighted by Crippen LogP contribution is 2.28. The summed E-state index contributed by atoms with van der Waals surface area (Å²) in [5, 5.41) is 14.6. The molecule has 1 amide bonds. The van der Waals surface area contributed by atoms with E-state index in [-0.39, 0.29) is 11.9 Å². The second-order valence-corrected chi connectivity index (χ2v) is 6.32. The van der Waals surface area contributed by atoms with Crippen LogP contribution in [-0.4, -0.2) is 49.9 Å². The molecule has 3 aromatic rings. The van der Waals surface area contributed by atoms with Crippen molar-refractivity contribution in [3.63, 3.8) is 0 Å². The molecule has 1 saturated heterocycles. The lowest BCUT2D eigenvalue weighted by molar-refractivity contribution is 0.00603. The summed E-state index contributed by atoms with van der Waals surface area (Å²) in [5.41, 5.74) is 1.79. The maximum atomic E-state index is 12.8. The molecule has 124 valence electrons. The normalized spacial score (nSPS) is 15.2. The van der Waals surface area contributed by atoms with Crippen LogP contribution in [0.5, 0.6) is 0 Å². The third-order valence-electron chi connectivity index (χ3n) is 4.21. The summed E-state index contributed by atoms with van der Waals surface area (Å²) in [7, 11) is 0. The average molecular weight is 326 g/mol. The van der Waals surface area contributed by atoms with Crippen molar-refractivity contribution in [1.29, 1.82) is 0 Å². The predicted molar refractivity (Wildman–Crippen MR) is 87.5 cm³/mol. The monoisotopic (exact) mass is 326 g/mol. The fourth-order valence-electron chi connectivity index (χ4n) is 2.91. The van der Waals surface area contributed by atoms with Crippen LogP contribution in [0.4, 0.5) is 0 Å². The first kappa shape index (κ1) is 14.9. The molecule has 0 aromatic carbocycles. The predicted octanol–water partition coefficient (Wildman–Crippen LogP) is 2.09. The standard InChI is InChI=1S/C17H18N4O3/c1-10(2)21-16-13(7-18-21)12(17(23)20-8-11(22)9-20)6-14(19-16)15-4-3-5-24-15/h3-7,10-11,22H,8-9H2,1-2H3. The number of β-amino-alcohol motifs (C(OH)–C–C–N with tert-alkyl or cyclic N) is 1. The fraction of sp³-hybridized carbons (Fsp3) is 0.353. The molecule has 0 spiro atoms. The van der Waals surface area contributed by atoms with Gasteiger partial charge in [0.15, 0.2) is 11.4 Å². The number of carbonyl (C=O) groups excluding carboxylic acids is 1. The summed E-state index contributed by atoms with van der Waals surface area (Å²) in [6.07, 6.45) is 2.82. The van der Waals surface area contributed by atoms with Gasteiger partial charge in [0.2, 0.25) is 0 Å². The number of likely N-dealkylation sites (tertiary alicyclic amines) is 1. The lowest BCUT2D eigenvalue weighted by Gasteiger charge is -2.36. The largest absolute Gasteiger partial charge is 0.463 e. The third-order valence-corrected chi connectivity index (χ3v) is 4.21. The van der Waals surface area contributed by atoms with Crippen LogP contribution in [0.1, 0.15) is 30.2 Å². The van der Waals surface area contributed by atoms with E-state index in [4.69, 9.17) is 4.42 Å². The highest BCUT2D eigenvalue weighted by molar-refractivity contribution is 6.06. The van der Waals surface area contributed by atoms with Crippen LogP contribution in [0.15, 0.2) is 35.1 Å². The number of nitrogens with zero attached hydrogens (tertiary/aromatic N) is 4. The minimum atomic E-state index is -0.436. The Morgan fingerprint density at radius 1 is 1.42 bits per heavy atom. The SMILES string of the molecule is CC(C)n1ncc2c(C(=O)N3CC(O)C3)cc(-c3ccco3)nc21. The Morgan fingerprint density at radius 3 is 2.83 bits per heavy atom. The summed E-state index contributed by atoms with van der Waals surface area (Å²) >= 11 is 0. The highest BCUT2D eigenvalue weighted by Gasteiger charge is 2.31. The first-order chi connectivity index (χ1) is 11.5. The van der Waals surface area contributed by atoms with Gasteiger partial charge in [0.1, 0.15) is 5.69 Å². The zero-order valence-electron chi connectivity index (χ0n) is 13.5. The van der Waals surface area contributed by atoms with Crippen molar-refractivity contribution in [2.45, 2.75) is 26.0 Å². The van der Waals surface area contributed by atoms with E-state index < -0.39 is 6.10 Å². The van der Waals surface area contributed by atoms with Gasteiger partial charge in [-0.05, 0) is 32.0 Å². The Labute approximate surface area is 138 Å². The molecular weight excluding hydrogens is 308 g/mol. The third kappa shape index (κ3) is 2.28. The maximum absolute atomic E-state index is 12.8. The zero-order chi connectivity index (χ0) is 16.8. The van der Waals surface area contributed by atoms with Crippen LogP contribution < -0.4 is 0 Å². The Hall–Kier alpha value is -2.67. The van der Waals surface area contributed by atoms with Crippen molar-refractivity contribution in [3.8, 4) is 11.5 Å². The lowest BCUT2D eigenvalue weighted by Crippen LogP contribution is -2.53. The van der Waals surface area contributed by atoms with Crippen molar-refractivity contribution < 1.29 is 14.3 Å². The van der Waals surface area contributed by atoms with Crippen molar-refractivity contribution in [1.82, 2.24) is 19.7 Å². The number of furan rings is 1. The van der Waals surface area contributed by atoms with Gasteiger partial charge in [-0.25, -0.2) is 9.67 Å². The van der Waals surface area contributed by atoms with Gasteiger partial charge in [-0.1, -0.05) is 0 Å². The minimum absolute atomic E-state index is 0.121. The van der Waals surface area contributed by atoms with Crippen LogP contribution >= 0.6 is 0 Å². The number of amides is 1. The molecule has 3 aromatic heterocycles. The number of aliphatic hydroxyl groups excluding tert-OH is 1. The van der Waals surface area contributed by atoms with Crippen molar-refractivity contribution >= 4 is 16.9 Å². The maximum Gasteiger partial charge on any atom is 0.254 e. The van der Waals surface area contributed by atoms with Gasteiger partial charge in [-0.3, -0.25) is 4.79 Å². The quantitative estimate of drug-likeness (QED) is 0.796. The molecule has 0 bridgehead atoms. The zero-order valence-corrected chi connectivity index (χ0v) is 13.5. The minimum Gasteiger partial charge on any atom is -0.463 e. The number of fused-ring (bicyclic) bond motifs is 1. The Kier molecular flexibility index (Phi) is 3.38. The van der Waals surface area contributed by atoms with E-state index in [1.807, 2.05) is 19.9 Å². The summed E-state index contributed by atoms with van der Waals surface area (Å²) in [6, 6.07) is 5.45. The Balaban J connectivity index is 1.89. The molecule has 7 nitrogen and oxygen atoms in total. The number of aliphatic hydroxyl groups is 1. The molecular formula is C17H18N4O3. The van der Waals surface area contributed by atoms with E-state index in [0.29, 0.717) is 41.1 Å². The van der Waals surface area contributed by atoms with Crippen LogP contribution in [0.25, 0.3) is 22.5 Å². The molecule has 1 aliphatic heterocycles. The summed E-state index contributed by atoms with van der Waals surface area (Å²) in [6.45, 7) is 4.75. The summed E-state index contributed by atoms with van der Waals surface area (Å²) in [4.78, 5) is 19.1.